The first kappa shape index (κ1) is 14.4. The Labute approximate surface area is 147 Å². The zero-order valence-electron chi connectivity index (χ0n) is 14.4. The van der Waals surface area contributed by atoms with Crippen molar-refractivity contribution in [3.05, 3.63) is 66.7 Å². The molecule has 3 nitrogen and oxygen atoms in total. The van der Waals surface area contributed by atoms with Crippen LogP contribution in [0.1, 0.15) is 13.8 Å². The van der Waals surface area contributed by atoms with Crippen molar-refractivity contribution in [2.45, 2.75) is 19.9 Å². The second-order valence-corrected chi connectivity index (χ2v) is 6.87. The van der Waals surface area contributed by atoms with Gasteiger partial charge in [-0.3, -0.25) is 0 Å². The molecule has 4 aromatic rings. The highest BCUT2D eigenvalue weighted by molar-refractivity contribution is 6.12. The zero-order chi connectivity index (χ0) is 17.0. The highest BCUT2D eigenvalue weighted by atomic mass is 16.3. The minimum atomic E-state index is 0.450. The third-order valence-electron chi connectivity index (χ3n) is 5.07. The van der Waals surface area contributed by atoms with Crippen LogP contribution in [0.25, 0.3) is 21.9 Å². The third kappa shape index (κ3) is 2.05. The van der Waals surface area contributed by atoms with Gasteiger partial charge in [-0.1, -0.05) is 36.4 Å². The van der Waals surface area contributed by atoms with E-state index in [2.05, 4.69) is 78.2 Å². The van der Waals surface area contributed by atoms with Crippen molar-refractivity contribution in [3.63, 3.8) is 0 Å². The van der Waals surface area contributed by atoms with Crippen LogP contribution in [0.2, 0.25) is 0 Å². The van der Waals surface area contributed by atoms with Gasteiger partial charge in [-0.25, -0.2) is 0 Å². The molecule has 3 heteroatoms. The van der Waals surface area contributed by atoms with Crippen molar-refractivity contribution >= 4 is 39.0 Å². The van der Waals surface area contributed by atoms with Gasteiger partial charge in [-0.05, 0) is 44.2 Å². The Morgan fingerprint density at radius 2 is 1.44 bits per heavy atom. The van der Waals surface area contributed by atoms with E-state index in [-0.39, 0.29) is 0 Å². The Morgan fingerprint density at radius 3 is 2.28 bits per heavy atom. The first-order chi connectivity index (χ1) is 12.2. The Bertz CT molecular complexity index is 1080. The molecule has 2 heterocycles. The first-order valence-corrected chi connectivity index (χ1v) is 8.77. The standard InChI is InChI=1S/C22H20N2O/c1-15(2)23-14-24(18-10-5-4-9-17(18)23)19-11-7-13-21-22(19)16-8-3-6-12-20(16)25-21/h3-13,15H,14H2,1-2H3. The van der Waals surface area contributed by atoms with E-state index >= 15 is 0 Å². The summed E-state index contributed by atoms with van der Waals surface area (Å²) in [5, 5.41) is 2.37. The predicted octanol–water partition coefficient (Wildman–Crippen LogP) is 5.91. The van der Waals surface area contributed by atoms with E-state index in [1.54, 1.807) is 0 Å². The highest BCUT2D eigenvalue weighted by Gasteiger charge is 2.29. The van der Waals surface area contributed by atoms with Gasteiger partial charge < -0.3 is 14.2 Å². The van der Waals surface area contributed by atoms with Gasteiger partial charge >= 0.3 is 0 Å². The van der Waals surface area contributed by atoms with Gasteiger partial charge in [-0.15, -0.1) is 0 Å². The second-order valence-electron chi connectivity index (χ2n) is 6.87. The maximum atomic E-state index is 6.07. The highest BCUT2D eigenvalue weighted by Crippen LogP contribution is 2.45. The molecule has 0 radical (unpaired) electrons. The predicted molar refractivity (Wildman–Crippen MR) is 105 cm³/mol. The van der Waals surface area contributed by atoms with Crippen LogP contribution >= 0.6 is 0 Å². The summed E-state index contributed by atoms with van der Waals surface area (Å²) in [6.07, 6.45) is 0. The number of nitrogens with zero attached hydrogens (tertiary/aromatic N) is 2. The molecule has 1 aliphatic heterocycles. The average molecular weight is 328 g/mol. The van der Waals surface area contributed by atoms with Crippen molar-refractivity contribution in [3.8, 4) is 0 Å². The topological polar surface area (TPSA) is 19.6 Å². The molecule has 0 N–H and O–H groups in total. The molecule has 0 aliphatic carbocycles. The van der Waals surface area contributed by atoms with Gasteiger partial charge in [0.25, 0.3) is 0 Å². The van der Waals surface area contributed by atoms with Crippen LogP contribution in [0.3, 0.4) is 0 Å². The molecule has 1 aromatic heterocycles. The minimum Gasteiger partial charge on any atom is -0.456 e. The van der Waals surface area contributed by atoms with Crippen molar-refractivity contribution in [1.82, 2.24) is 0 Å². The second kappa shape index (κ2) is 5.28. The quantitative estimate of drug-likeness (QED) is 0.456. The summed E-state index contributed by atoms with van der Waals surface area (Å²) >= 11 is 0. The molecule has 0 atom stereocenters. The van der Waals surface area contributed by atoms with Gasteiger partial charge in [0, 0.05) is 11.4 Å². The zero-order valence-corrected chi connectivity index (χ0v) is 14.4. The van der Waals surface area contributed by atoms with E-state index in [0.717, 1.165) is 17.8 Å². The van der Waals surface area contributed by atoms with Crippen LogP contribution in [0.4, 0.5) is 17.1 Å². The van der Waals surface area contributed by atoms with Gasteiger partial charge in [0.05, 0.1) is 29.1 Å². The molecule has 0 fully saturated rings. The fraction of sp³-hybridized carbons (Fsp3) is 0.182. The molecule has 0 saturated heterocycles. The fourth-order valence-corrected chi connectivity index (χ4v) is 3.87. The van der Waals surface area contributed by atoms with Crippen molar-refractivity contribution in [2.24, 2.45) is 0 Å². The fourth-order valence-electron chi connectivity index (χ4n) is 3.87. The summed E-state index contributed by atoms with van der Waals surface area (Å²) in [5.41, 5.74) is 5.65. The molecule has 0 bridgehead atoms. The lowest BCUT2D eigenvalue weighted by atomic mass is 10.1. The molecular formula is C22H20N2O. The van der Waals surface area contributed by atoms with Crippen LogP contribution in [0, 0.1) is 0 Å². The van der Waals surface area contributed by atoms with Crippen LogP contribution in [0.5, 0.6) is 0 Å². The van der Waals surface area contributed by atoms with Gasteiger partial charge in [-0.2, -0.15) is 0 Å². The molecule has 0 unspecified atom stereocenters. The molecule has 0 spiro atoms. The number of benzene rings is 3. The van der Waals surface area contributed by atoms with Crippen LogP contribution < -0.4 is 9.80 Å². The molecule has 0 saturated carbocycles. The number of hydrogen-bond acceptors (Lipinski definition) is 3. The minimum absolute atomic E-state index is 0.450. The Morgan fingerprint density at radius 1 is 0.760 bits per heavy atom. The molecule has 124 valence electrons. The lowest BCUT2D eigenvalue weighted by Crippen LogP contribution is -2.33. The smallest absolute Gasteiger partial charge is 0.137 e. The lowest BCUT2D eigenvalue weighted by Gasteiger charge is -2.25. The number of furan rings is 1. The summed E-state index contributed by atoms with van der Waals surface area (Å²) < 4.78 is 6.07. The summed E-state index contributed by atoms with van der Waals surface area (Å²) in [6, 6.07) is 23.7. The van der Waals surface area contributed by atoms with E-state index in [9.17, 15) is 0 Å². The summed E-state index contributed by atoms with van der Waals surface area (Å²) in [4.78, 5) is 4.84. The van der Waals surface area contributed by atoms with Gasteiger partial charge in [0.2, 0.25) is 0 Å². The lowest BCUT2D eigenvalue weighted by molar-refractivity contribution is 0.669. The molecule has 0 amide bonds. The number of hydrogen-bond donors (Lipinski definition) is 0. The molecule has 25 heavy (non-hydrogen) atoms. The van der Waals surface area contributed by atoms with Crippen molar-refractivity contribution in [1.29, 1.82) is 0 Å². The van der Waals surface area contributed by atoms with E-state index in [0.29, 0.717) is 6.04 Å². The van der Waals surface area contributed by atoms with Gasteiger partial charge in [0.1, 0.15) is 11.2 Å². The van der Waals surface area contributed by atoms with Crippen LogP contribution in [-0.4, -0.2) is 12.7 Å². The Kier molecular flexibility index (Phi) is 3.04. The molecule has 3 aromatic carbocycles. The summed E-state index contributed by atoms with van der Waals surface area (Å²) in [7, 11) is 0. The number of anilines is 3. The monoisotopic (exact) mass is 328 g/mol. The average Bonchev–Trinajstić information content (AvgIpc) is 3.20. The van der Waals surface area contributed by atoms with Crippen molar-refractivity contribution in [2.75, 3.05) is 16.5 Å². The van der Waals surface area contributed by atoms with E-state index in [1.165, 1.54) is 27.8 Å². The van der Waals surface area contributed by atoms with Crippen LogP contribution in [-0.2, 0) is 0 Å². The maximum absolute atomic E-state index is 6.07. The van der Waals surface area contributed by atoms with E-state index in [4.69, 9.17) is 4.42 Å². The molecule has 5 rings (SSSR count). The maximum Gasteiger partial charge on any atom is 0.137 e. The summed E-state index contributed by atoms with van der Waals surface area (Å²) in [5.74, 6) is 0. The molecular weight excluding hydrogens is 308 g/mol. The SMILES string of the molecule is CC(C)N1CN(c2cccc3oc4ccccc4c23)c2ccccc21. The Hall–Kier alpha value is -2.94. The van der Waals surface area contributed by atoms with Crippen molar-refractivity contribution < 1.29 is 4.42 Å². The van der Waals surface area contributed by atoms with Crippen LogP contribution in [0.15, 0.2) is 71.1 Å². The first-order valence-electron chi connectivity index (χ1n) is 8.77. The van der Waals surface area contributed by atoms with E-state index in [1.807, 2.05) is 12.1 Å². The van der Waals surface area contributed by atoms with E-state index < -0.39 is 0 Å². The third-order valence-corrected chi connectivity index (χ3v) is 5.07. The number of para-hydroxylation sites is 3. The normalized spacial score (nSPS) is 14.0. The number of fused-ring (bicyclic) bond motifs is 4. The molecule has 1 aliphatic rings. The number of rotatable bonds is 2. The summed E-state index contributed by atoms with van der Waals surface area (Å²) in [6.45, 7) is 5.35. The largest absolute Gasteiger partial charge is 0.456 e. The van der Waals surface area contributed by atoms with Gasteiger partial charge in [0.15, 0.2) is 0 Å². The Balaban J connectivity index is 1.77.